The Labute approximate surface area is 154 Å². The Morgan fingerprint density at radius 1 is 1.15 bits per heavy atom. The van der Waals surface area contributed by atoms with E-state index in [1.54, 1.807) is 7.11 Å². The van der Waals surface area contributed by atoms with E-state index in [9.17, 15) is 22.8 Å². The van der Waals surface area contributed by atoms with E-state index in [2.05, 4.69) is 10.1 Å². The molecule has 1 aromatic carbocycles. The third kappa shape index (κ3) is 3.73. The molecule has 27 heavy (non-hydrogen) atoms. The first-order chi connectivity index (χ1) is 12.7. The summed E-state index contributed by atoms with van der Waals surface area (Å²) >= 11 is 0. The number of ether oxygens (including phenoxy) is 3. The van der Waals surface area contributed by atoms with Crippen LogP contribution in [0.15, 0.2) is 18.2 Å². The van der Waals surface area contributed by atoms with Gasteiger partial charge in [0, 0.05) is 12.7 Å². The lowest BCUT2D eigenvalue weighted by Gasteiger charge is -2.35. The molecule has 1 unspecified atom stereocenters. The van der Waals surface area contributed by atoms with Crippen LogP contribution in [0.2, 0.25) is 0 Å². The second-order valence-corrected chi connectivity index (χ2v) is 6.76. The van der Waals surface area contributed by atoms with Crippen molar-refractivity contribution in [2.75, 3.05) is 14.2 Å². The minimum atomic E-state index is -4.95. The molecule has 1 spiro atoms. The van der Waals surface area contributed by atoms with E-state index in [1.165, 1.54) is 19.2 Å². The molecule has 1 amide bonds. The molecule has 6 nitrogen and oxygen atoms in total. The zero-order valence-corrected chi connectivity index (χ0v) is 14.9. The van der Waals surface area contributed by atoms with Crippen molar-refractivity contribution in [3.05, 3.63) is 23.8 Å². The number of hydrogen-bond donors (Lipinski definition) is 1. The quantitative estimate of drug-likeness (QED) is 0.805. The first kappa shape index (κ1) is 19.5. The van der Waals surface area contributed by atoms with Gasteiger partial charge in [0.05, 0.1) is 18.8 Å². The normalized spacial score (nSPS) is 28.3. The number of rotatable bonds is 4. The van der Waals surface area contributed by atoms with Gasteiger partial charge in [-0.05, 0) is 43.9 Å². The van der Waals surface area contributed by atoms with Crippen LogP contribution in [0.1, 0.15) is 37.2 Å². The number of alkyl halides is 3. The van der Waals surface area contributed by atoms with Crippen LogP contribution in [0.25, 0.3) is 0 Å². The summed E-state index contributed by atoms with van der Waals surface area (Å²) in [5, 5.41) is 2.72. The monoisotopic (exact) mass is 387 g/mol. The van der Waals surface area contributed by atoms with Gasteiger partial charge in [-0.15, -0.1) is 13.2 Å². The first-order valence-corrected chi connectivity index (χ1v) is 8.52. The molecule has 148 valence electrons. The van der Waals surface area contributed by atoms with Crippen molar-refractivity contribution >= 4 is 11.7 Å². The van der Waals surface area contributed by atoms with Crippen molar-refractivity contribution in [3.8, 4) is 11.5 Å². The topological polar surface area (TPSA) is 73.9 Å². The Morgan fingerprint density at radius 3 is 2.37 bits per heavy atom. The molecule has 2 fully saturated rings. The van der Waals surface area contributed by atoms with Crippen LogP contribution in [-0.4, -0.2) is 43.9 Å². The number of halogens is 3. The molecule has 1 aromatic rings. The molecular formula is C18H20F3NO5. The predicted molar refractivity (Wildman–Crippen MR) is 87.6 cm³/mol. The summed E-state index contributed by atoms with van der Waals surface area (Å²) in [7, 11) is 2.92. The maximum absolute atomic E-state index is 13.1. The van der Waals surface area contributed by atoms with Crippen molar-refractivity contribution in [3.63, 3.8) is 0 Å². The lowest BCUT2D eigenvalue weighted by Crippen LogP contribution is -2.50. The van der Waals surface area contributed by atoms with E-state index in [1.807, 2.05) is 0 Å². The maximum Gasteiger partial charge on any atom is 0.573 e. The summed E-state index contributed by atoms with van der Waals surface area (Å²) in [6, 6.07) is 3.57. The van der Waals surface area contributed by atoms with Gasteiger partial charge in [-0.1, -0.05) is 0 Å². The number of hydrogen-bond acceptors (Lipinski definition) is 5. The fourth-order valence-corrected chi connectivity index (χ4v) is 3.84. The zero-order chi connectivity index (χ0) is 19.8. The third-order valence-corrected chi connectivity index (χ3v) is 5.23. The molecule has 1 heterocycles. The molecular weight excluding hydrogens is 367 g/mol. The van der Waals surface area contributed by atoms with E-state index < -0.39 is 35.3 Å². The highest BCUT2D eigenvalue weighted by Gasteiger charge is 2.55. The van der Waals surface area contributed by atoms with Crippen LogP contribution in [-0.2, 0) is 14.3 Å². The van der Waals surface area contributed by atoms with Crippen LogP contribution in [0.5, 0.6) is 11.5 Å². The van der Waals surface area contributed by atoms with Gasteiger partial charge in [-0.3, -0.25) is 9.59 Å². The summed E-state index contributed by atoms with van der Waals surface area (Å²) < 4.78 is 52.7. The van der Waals surface area contributed by atoms with Gasteiger partial charge in [0.25, 0.3) is 0 Å². The number of methoxy groups -OCH3 is 2. The van der Waals surface area contributed by atoms with Gasteiger partial charge in [0.15, 0.2) is 5.78 Å². The smallest absolute Gasteiger partial charge is 0.497 e. The first-order valence-electron chi connectivity index (χ1n) is 8.52. The summed E-state index contributed by atoms with van der Waals surface area (Å²) in [5.74, 6) is -2.81. The molecule has 3 rings (SSSR count). The standard InChI is InChI=1S/C18H20F3NO5/c1-25-10-5-7-17(8-6-10)15(23)14(16(24)22-17)12-9-11(26-2)3-4-13(12)27-18(19,20)21/h3-4,9-10,14H,5-8H2,1-2H3,(H,22,24). The summed E-state index contributed by atoms with van der Waals surface area (Å²) in [5.41, 5.74) is -1.23. The number of nitrogens with one attached hydrogen (secondary N) is 1. The molecule has 0 radical (unpaired) electrons. The van der Waals surface area contributed by atoms with Crippen molar-refractivity contribution in [2.24, 2.45) is 0 Å². The van der Waals surface area contributed by atoms with E-state index in [4.69, 9.17) is 9.47 Å². The van der Waals surface area contributed by atoms with Crippen LogP contribution in [0, 0.1) is 0 Å². The van der Waals surface area contributed by atoms with Gasteiger partial charge >= 0.3 is 6.36 Å². The van der Waals surface area contributed by atoms with E-state index in [0.29, 0.717) is 25.7 Å². The zero-order valence-electron chi connectivity index (χ0n) is 14.9. The van der Waals surface area contributed by atoms with Crippen LogP contribution < -0.4 is 14.8 Å². The fourth-order valence-electron chi connectivity index (χ4n) is 3.84. The largest absolute Gasteiger partial charge is 0.573 e. The summed E-state index contributed by atoms with van der Waals surface area (Å²) in [6.07, 6.45) is -3.02. The van der Waals surface area contributed by atoms with E-state index in [-0.39, 0.29) is 17.4 Å². The van der Waals surface area contributed by atoms with Crippen molar-refractivity contribution < 1.29 is 37.0 Å². The Balaban J connectivity index is 1.96. The lowest BCUT2D eigenvalue weighted by atomic mass is 9.76. The van der Waals surface area contributed by atoms with Crippen molar-refractivity contribution in [1.29, 1.82) is 0 Å². The fraction of sp³-hybridized carbons (Fsp3) is 0.556. The van der Waals surface area contributed by atoms with Crippen molar-refractivity contribution in [1.82, 2.24) is 5.32 Å². The Morgan fingerprint density at radius 2 is 1.81 bits per heavy atom. The predicted octanol–water partition coefficient (Wildman–Crippen LogP) is 2.70. The number of Topliss-reactive ketones (excluding diaryl/α,β-unsaturated/α-hetero) is 1. The van der Waals surface area contributed by atoms with Gasteiger partial charge in [-0.2, -0.15) is 0 Å². The highest BCUT2D eigenvalue weighted by atomic mass is 19.4. The molecule has 0 aromatic heterocycles. The second-order valence-electron chi connectivity index (χ2n) is 6.76. The highest BCUT2D eigenvalue weighted by Crippen LogP contribution is 2.43. The minimum absolute atomic E-state index is 0.000296. The van der Waals surface area contributed by atoms with E-state index >= 15 is 0 Å². The van der Waals surface area contributed by atoms with Crippen molar-refractivity contribution in [2.45, 2.75) is 49.6 Å². The summed E-state index contributed by atoms with van der Waals surface area (Å²) in [4.78, 5) is 25.7. The number of benzene rings is 1. The van der Waals surface area contributed by atoms with Gasteiger partial charge in [0.1, 0.15) is 17.4 Å². The Bertz CT molecular complexity index is 741. The molecule has 9 heteroatoms. The van der Waals surface area contributed by atoms with Gasteiger partial charge in [-0.25, -0.2) is 0 Å². The SMILES string of the molecule is COc1ccc(OC(F)(F)F)c(C2C(=O)NC3(CCC(OC)CC3)C2=O)c1. The second kappa shape index (κ2) is 7.03. The number of carbonyl (C=O) groups is 2. The molecule has 1 atom stereocenters. The van der Waals surface area contributed by atoms with Gasteiger partial charge in [0.2, 0.25) is 5.91 Å². The van der Waals surface area contributed by atoms with Crippen LogP contribution >= 0.6 is 0 Å². The molecule has 1 aliphatic carbocycles. The number of amides is 1. The minimum Gasteiger partial charge on any atom is -0.497 e. The molecule has 0 bridgehead atoms. The molecule has 1 saturated carbocycles. The maximum atomic E-state index is 13.1. The molecule has 1 N–H and O–H groups in total. The number of carbonyl (C=O) groups excluding carboxylic acids is 2. The molecule has 1 aliphatic heterocycles. The van der Waals surface area contributed by atoms with Crippen LogP contribution in [0.3, 0.4) is 0 Å². The average Bonchev–Trinajstić information content (AvgIpc) is 2.85. The Kier molecular flexibility index (Phi) is 5.07. The Hall–Kier alpha value is -2.29. The van der Waals surface area contributed by atoms with Gasteiger partial charge < -0.3 is 19.5 Å². The lowest BCUT2D eigenvalue weighted by molar-refractivity contribution is -0.275. The molecule has 1 saturated heterocycles. The summed E-state index contributed by atoms with van der Waals surface area (Å²) in [6.45, 7) is 0. The average molecular weight is 387 g/mol. The van der Waals surface area contributed by atoms with E-state index in [0.717, 1.165) is 6.07 Å². The number of ketones is 1. The molecule has 2 aliphatic rings. The third-order valence-electron chi connectivity index (χ3n) is 5.23. The highest BCUT2D eigenvalue weighted by molar-refractivity contribution is 6.17. The van der Waals surface area contributed by atoms with Crippen LogP contribution in [0.4, 0.5) is 13.2 Å².